The van der Waals surface area contributed by atoms with E-state index < -0.39 is 0 Å². The average molecular weight is 136 g/mol. The molecule has 0 unspecified atom stereocenters. The number of hydrogen-bond donors (Lipinski definition) is 0. The summed E-state index contributed by atoms with van der Waals surface area (Å²) in [7, 11) is 0. The smallest absolute Gasteiger partial charge is 2.00 e. The fourth-order valence-electron chi connectivity index (χ4n) is 0. The van der Waals surface area contributed by atoms with E-state index >= 15 is 0 Å². The SMILES string of the molecule is O.O.[Al+3].[Mg+2].[O-2].[O-2].[OH-]. The zero-order valence-corrected chi connectivity index (χ0v) is 6.12. The van der Waals surface area contributed by atoms with Gasteiger partial charge in [0.15, 0.2) is 0 Å². The Bertz CT molecular complexity index is 8.04. The minimum Gasteiger partial charge on any atom is -2.00 e. The Labute approximate surface area is 67.9 Å². The molecule has 0 aliphatic rings. The van der Waals surface area contributed by atoms with E-state index in [4.69, 9.17) is 0 Å². The van der Waals surface area contributed by atoms with Crippen LogP contribution in [-0.2, 0) is 11.0 Å². The van der Waals surface area contributed by atoms with E-state index in [1.165, 1.54) is 0 Å². The van der Waals surface area contributed by atoms with Gasteiger partial charge in [0.25, 0.3) is 0 Å². The molecule has 0 amide bonds. The van der Waals surface area contributed by atoms with Crippen molar-refractivity contribution in [1.82, 2.24) is 0 Å². The molecule has 0 bridgehead atoms. The first-order valence-electron chi connectivity index (χ1n) is 0. The van der Waals surface area contributed by atoms with Gasteiger partial charge < -0.3 is 27.4 Å². The molecule has 0 aromatic heterocycles. The van der Waals surface area contributed by atoms with Gasteiger partial charge in [-0.05, 0) is 0 Å². The molecule has 40 valence electrons. The van der Waals surface area contributed by atoms with Crippen LogP contribution in [0.25, 0.3) is 0 Å². The summed E-state index contributed by atoms with van der Waals surface area (Å²) in [6, 6.07) is 0. The van der Waals surface area contributed by atoms with Crippen molar-refractivity contribution in [2.75, 3.05) is 0 Å². The zero-order chi connectivity index (χ0) is 0. The van der Waals surface area contributed by atoms with Crippen molar-refractivity contribution in [2.24, 2.45) is 0 Å². The molecule has 0 saturated carbocycles. The largest absolute Gasteiger partial charge is 3.00 e. The molecule has 5 nitrogen and oxygen atoms in total. The van der Waals surface area contributed by atoms with Gasteiger partial charge in [0.05, 0.1) is 0 Å². The second kappa shape index (κ2) is 219. The van der Waals surface area contributed by atoms with Gasteiger partial charge in [-0.3, -0.25) is 0 Å². The maximum absolute atomic E-state index is 0. The molecule has 0 fully saturated rings. The molecule has 0 aromatic carbocycles. The fraction of sp³-hybridized carbons (Fsp3) is 0. The Hall–Kier alpha value is 1.10. The van der Waals surface area contributed by atoms with Gasteiger partial charge in [0.1, 0.15) is 0 Å². The van der Waals surface area contributed by atoms with Crippen LogP contribution in [0.2, 0.25) is 0 Å². The van der Waals surface area contributed by atoms with Gasteiger partial charge in [0, 0.05) is 0 Å². The monoisotopic (exact) mass is 136 g/mol. The van der Waals surface area contributed by atoms with Crippen LogP contribution in [0, 0.1) is 0 Å². The van der Waals surface area contributed by atoms with Gasteiger partial charge >= 0.3 is 40.4 Å². The van der Waals surface area contributed by atoms with E-state index in [1.54, 1.807) is 0 Å². The fourth-order valence-corrected chi connectivity index (χ4v) is 0. The van der Waals surface area contributed by atoms with Crippen LogP contribution in [0.4, 0.5) is 0 Å². The van der Waals surface area contributed by atoms with Crippen LogP contribution in [0.5, 0.6) is 0 Å². The normalized spacial score (nSPS) is 0. The van der Waals surface area contributed by atoms with Crippen molar-refractivity contribution in [3.63, 3.8) is 0 Å². The second-order valence-electron chi connectivity index (χ2n) is 0. The maximum atomic E-state index is 0. The van der Waals surface area contributed by atoms with Crippen molar-refractivity contribution in [3.8, 4) is 0 Å². The van der Waals surface area contributed by atoms with Crippen LogP contribution in [0.1, 0.15) is 0 Å². The predicted molar refractivity (Wildman–Crippen MR) is 22.0 cm³/mol. The Morgan fingerprint density at radius 2 is 0.714 bits per heavy atom. The van der Waals surface area contributed by atoms with Crippen LogP contribution in [0.3, 0.4) is 0 Å². The zero-order valence-electron chi connectivity index (χ0n) is 3.55. The van der Waals surface area contributed by atoms with Crippen molar-refractivity contribution >= 4 is 40.4 Å². The first kappa shape index (κ1) is 338. The minimum atomic E-state index is 0. The molecule has 0 aromatic rings. The van der Waals surface area contributed by atoms with Crippen molar-refractivity contribution in [3.05, 3.63) is 0 Å². The Morgan fingerprint density at radius 1 is 0.714 bits per heavy atom. The molecule has 7 heavy (non-hydrogen) atoms. The molecule has 0 spiro atoms. The topological polar surface area (TPSA) is 150 Å². The minimum absolute atomic E-state index is 0. The van der Waals surface area contributed by atoms with Gasteiger partial charge in [0.2, 0.25) is 0 Å². The third-order valence-corrected chi connectivity index (χ3v) is 0. The third kappa shape index (κ3) is 153. The van der Waals surface area contributed by atoms with E-state index in [0.29, 0.717) is 0 Å². The van der Waals surface area contributed by atoms with E-state index in [1.807, 2.05) is 0 Å². The van der Waals surface area contributed by atoms with E-state index in [-0.39, 0.29) is 67.8 Å². The predicted octanol–water partition coefficient (Wildman–Crippen LogP) is -2.83. The molecular formula is H5AlMgO5. The molecule has 7 heteroatoms. The Balaban J connectivity index is 0. The molecule has 5 N–H and O–H groups in total. The molecule has 0 radical (unpaired) electrons. The number of hydrogen-bond acceptors (Lipinski definition) is 1. The first-order valence-corrected chi connectivity index (χ1v) is 0. The van der Waals surface area contributed by atoms with Gasteiger partial charge in [-0.15, -0.1) is 0 Å². The average Bonchev–Trinajstić information content (AvgIpc) is 0. The summed E-state index contributed by atoms with van der Waals surface area (Å²) in [4.78, 5) is 0. The Morgan fingerprint density at radius 3 is 0.714 bits per heavy atom. The second-order valence-corrected chi connectivity index (χ2v) is 0. The summed E-state index contributed by atoms with van der Waals surface area (Å²) >= 11 is 0. The summed E-state index contributed by atoms with van der Waals surface area (Å²) in [5, 5.41) is 0. The van der Waals surface area contributed by atoms with Crippen LogP contribution in [0.15, 0.2) is 0 Å². The Kier molecular flexibility index (Phi) is 10600. The van der Waals surface area contributed by atoms with E-state index in [0.717, 1.165) is 0 Å². The van der Waals surface area contributed by atoms with Crippen molar-refractivity contribution < 1.29 is 27.4 Å². The number of rotatable bonds is 0. The molecule has 0 aliphatic heterocycles. The molecule has 0 saturated heterocycles. The first-order chi connectivity index (χ1) is 0. The molecule has 0 heterocycles. The van der Waals surface area contributed by atoms with E-state index in [2.05, 4.69) is 0 Å². The van der Waals surface area contributed by atoms with Crippen LogP contribution < -0.4 is 0 Å². The molecule has 0 rings (SSSR count). The summed E-state index contributed by atoms with van der Waals surface area (Å²) < 4.78 is 0. The van der Waals surface area contributed by atoms with Gasteiger partial charge in [-0.1, -0.05) is 0 Å². The quantitative estimate of drug-likeness (QED) is 0.324. The summed E-state index contributed by atoms with van der Waals surface area (Å²) in [5.41, 5.74) is 0. The maximum Gasteiger partial charge on any atom is 3.00 e. The summed E-state index contributed by atoms with van der Waals surface area (Å²) in [6.45, 7) is 0. The van der Waals surface area contributed by atoms with Crippen LogP contribution >= 0.6 is 0 Å². The standard InChI is InChI=1S/Al.Mg.3H2O.2O/h;;3*1H2;;/q+3;+2;;;;2*-2/p-1. The third-order valence-electron chi connectivity index (χ3n) is 0. The van der Waals surface area contributed by atoms with Crippen LogP contribution in [-0.4, -0.2) is 56.8 Å². The summed E-state index contributed by atoms with van der Waals surface area (Å²) in [5.74, 6) is 0. The van der Waals surface area contributed by atoms with Crippen molar-refractivity contribution in [1.29, 1.82) is 0 Å². The summed E-state index contributed by atoms with van der Waals surface area (Å²) in [6.07, 6.45) is 0. The van der Waals surface area contributed by atoms with Crippen molar-refractivity contribution in [2.45, 2.75) is 0 Å². The van der Waals surface area contributed by atoms with Gasteiger partial charge in [-0.25, -0.2) is 0 Å². The van der Waals surface area contributed by atoms with Gasteiger partial charge in [-0.2, -0.15) is 0 Å². The molecule has 0 aliphatic carbocycles. The molecular weight excluding hydrogens is 131 g/mol. The van der Waals surface area contributed by atoms with E-state index in [9.17, 15) is 0 Å². The molecule has 0 atom stereocenters.